The van der Waals surface area contributed by atoms with Crippen LogP contribution in [0.4, 0.5) is 0 Å². The molecule has 7 heteroatoms. The normalized spacial score (nSPS) is 23.6. The largest absolute Gasteiger partial charge is 0.390 e. The Labute approximate surface area is 119 Å². The lowest BCUT2D eigenvalue weighted by atomic mass is 10.3. The van der Waals surface area contributed by atoms with Crippen LogP contribution in [0.1, 0.15) is 31.0 Å². The average molecular weight is 300 g/mol. The van der Waals surface area contributed by atoms with Crippen molar-refractivity contribution in [2.75, 3.05) is 20.3 Å². The third-order valence-electron chi connectivity index (χ3n) is 4.11. The minimum Gasteiger partial charge on any atom is -0.390 e. The zero-order valence-electron chi connectivity index (χ0n) is 11.5. The van der Waals surface area contributed by atoms with E-state index < -0.39 is 10.0 Å². The molecule has 0 spiro atoms. The Hall–Kier alpha value is -0.890. The highest BCUT2D eigenvalue weighted by molar-refractivity contribution is 7.89. The van der Waals surface area contributed by atoms with Gasteiger partial charge in [-0.2, -0.15) is 4.31 Å². The van der Waals surface area contributed by atoms with Gasteiger partial charge < -0.3 is 14.4 Å². The number of aromatic nitrogens is 1. The lowest BCUT2D eigenvalue weighted by Crippen LogP contribution is -2.37. The molecule has 3 rings (SSSR count). The topological polar surface area (TPSA) is 71.8 Å². The van der Waals surface area contributed by atoms with Crippen molar-refractivity contribution in [1.29, 1.82) is 0 Å². The molecule has 1 saturated carbocycles. The van der Waals surface area contributed by atoms with Gasteiger partial charge in [-0.15, -0.1) is 0 Å². The van der Waals surface area contributed by atoms with Crippen LogP contribution in [0.25, 0.3) is 0 Å². The summed E-state index contributed by atoms with van der Waals surface area (Å²) in [5.41, 5.74) is 0.669. The van der Waals surface area contributed by atoms with Crippen LogP contribution < -0.4 is 0 Å². The monoisotopic (exact) mass is 300 g/mol. The van der Waals surface area contributed by atoms with Crippen LogP contribution in [0.15, 0.2) is 17.2 Å². The zero-order valence-corrected chi connectivity index (χ0v) is 12.3. The van der Waals surface area contributed by atoms with Crippen molar-refractivity contribution >= 4 is 10.0 Å². The van der Waals surface area contributed by atoms with E-state index in [1.807, 2.05) is 4.57 Å². The van der Waals surface area contributed by atoms with Gasteiger partial charge in [-0.25, -0.2) is 8.42 Å². The van der Waals surface area contributed by atoms with Gasteiger partial charge in [-0.05, 0) is 25.3 Å². The van der Waals surface area contributed by atoms with E-state index in [0.717, 1.165) is 19.3 Å². The summed E-state index contributed by atoms with van der Waals surface area (Å²) in [7, 11) is -1.92. The highest BCUT2D eigenvalue weighted by atomic mass is 32.2. The number of sulfonamides is 1. The molecule has 2 aliphatic rings. The summed E-state index contributed by atoms with van der Waals surface area (Å²) in [6.07, 6.45) is 4.48. The summed E-state index contributed by atoms with van der Waals surface area (Å²) in [4.78, 5) is 0.267. The number of likely N-dealkylation sites (N-methyl/N-ethyl adjacent to an activating group) is 1. The molecule has 1 saturated heterocycles. The second-order valence-electron chi connectivity index (χ2n) is 5.50. The van der Waals surface area contributed by atoms with E-state index in [2.05, 4.69) is 0 Å². The lowest BCUT2D eigenvalue weighted by Gasteiger charge is -2.21. The Bertz CT molecular complexity index is 586. The predicted molar refractivity (Wildman–Crippen MR) is 72.8 cm³/mol. The fraction of sp³-hybridized carbons (Fsp3) is 0.692. The standard InChI is InChI=1S/C13H20N2O4S/c1-14(11-4-5-19-9-11)20(17,18)13-6-12(8-16)15(7-13)10-2-3-10/h6-7,10-11,16H,2-5,8-9H2,1H3. The van der Waals surface area contributed by atoms with E-state index in [1.54, 1.807) is 19.3 Å². The zero-order chi connectivity index (χ0) is 14.3. The Balaban J connectivity index is 1.90. The summed E-state index contributed by atoms with van der Waals surface area (Å²) in [5.74, 6) is 0. The molecule has 6 nitrogen and oxygen atoms in total. The quantitative estimate of drug-likeness (QED) is 0.870. The second-order valence-corrected chi connectivity index (χ2v) is 7.50. The Morgan fingerprint density at radius 1 is 1.45 bits per heavy atom. The Morgan fingerprint density at radius 3 is 2.75 bits per heavy atom. The van der Waals surface area contributed by atoms with E-state index in [1.165, 1.54) is 4.31 Å². The van der Waals surface area contributed by atoms with Crippen LogP contribution in [0.2, 0.25) is 0 Å². The summed E-state index contributed by atoms with van der Waals surface area (Å²) in [6, 6.07) is 1.84. The minimum atomic E-state index is -3.52. The summed E-state index contributed by atoms with van der Waals surface area (Å²) >= 11 is 0. The van der Waals surface area contributed by atoms with Crippen LogP contribution in [0.5, 0.6) is 0 Å². The van der Waals surface area contributed by atoms with Crippen molar-refractivity contribution in [2.24, 2.45) is 0 Å². The Kier molecular flexibility index (Phi) is 3.62. The smallest absolute Gasteiger partial charge is 0.244 e. The van der Waals surface area contributed by atoms with Crippen LogP contribution in [0.3, 0.4) is 0 Å². The van der Waals surface area contributed by atoms with Gasteiger partial charge in [0.2, 0.25) is 10.0 Å². The maximum Gasteiger partial charge on any atom is 0.244 e. The number of rotatable bonds is 5. The Morgan fingerprint density at radius 2 is 2.20 bits per heavy atom. The molecule has 112 valence electrons. The highest BCUT2D eigenvalue weighted by Crippen LogP contribution is 2.37. The molecule has 0 bridgehead atoms. The number of aliphatic hydroxyl groups excluding tert-OH is 1. The van der Waals surface area contributed by atoms with Crippen LogP contribution in [-0.2, 0) is 21.4 Å². The number of aliphatic hydroxyl groups is 1. The van der Waals surface area contributed by atoms with Crippen molar-refractivity contribution in [2.45, 2.75) is 42.8 Å². The van der Waals surface area contributed by atoms with Crippen LogP contribution in [0, 0.1) is 0 Å². The fourth-order valence-electron chi connectivity index (χ4n) is 2.63. The van der Waals surface area contributed by atoms with Gasteiger partial charge in [0.1, 0.15) is 4.90 Å². The van der Waals surface area contributed by atoms with E-state index in [0.29, 0.717) is 24.9 Å². The number of hydrogen-bond donors (Lipinski definition) is 1. The van der Waals surface area contributed by atoms with Gasteiger partial charge in [0, 0.05) is 31.6 Å². The van der Waals surface area contributed by atoms with Crippen molar-refractivity contribution in [3.8, 4) is 0 Å². The molecule has 0 amide bonds. The summed E-state index contributed by atoms with van der Waals surface area (Å²) < 4.78 is 33.8. The van der Waals surface area contributed by atoms with E-state index in [4.69, 9.17) is 4.74 Å². The molecule has 1 aliphatic heterocycles. The molecular weight excluding hydrogens is 280 g/mol. The highest BCUT2D eigenvalue weighted by Gasteiger charge is 2.33. The molecule has 0 aromatic carbocycles. The first-order valence-electron chi connectivity index (χ1n) is 6.91. The van der Waals surface area contributed by atoms with Crippen LogP contribution in [-0.4, -0.2) is 48.7 Å². The van der Waals surface area contributed by atoms with Crippen molar-refractivity contribution in [3.63, 3.8) is 0 Å². The van der Waals surface area contributed by atoms with Gasteiger partial charge in [-0.1, -0.05) is 0 Å². The SMILES string of the molecule is CN(C1CCOC1)S(=O)(=O)c1cc(CO)n(C2CC2)c1. The van der Waals surface area contributed by atoms with Crippen molar-refractivity contribution < 1.29 is 18.3 Å². The lowest BCUT2D eigenvalue weighted by molar-refractivity contribution is 0.181. The van der Waals surface area contributed by atoms with Gasteiger partial charge >= 0.3 is 0 Å². The van der Waals surface area contributed by atoms with Crippen LogP contribution >= 0.6 is 0 Å². The number of hydrogen-bond acceptors (Lipinski definition) is 4. The fourth-order valence-corrected chi connectivity index (χ4v) is 4.05. The molecular formula is C13H20N2O4S. The van der Waals surface area contributed by atoms with Crippen molar-refractivity contribution in [1.82, 2.24) is 8.87 Å². The molecule has 2 heterocycles. The number of ether oxygens (including phenoxy) is 1. The maximum atomic E-state index is 12.6. The maximum absolute atomic E-state index is 12.6. The molecule has 20 heavy (non-hydrogen) atoms. The number of nitrogens with zero attached hydrogens (tertiary/aromatic N) is 2. The molecule has 0 radical (unpaired) electrons. The van der Waals surface area contributed by atoms with E-state index in [-0.39, 0.29) is 17.5 Å². The molecule has 1 aromatic rings. The predicted octanol–water partition coefficient (Wildman–Crippen LogP) is 0.725. The molecule has 1 N–H and O–H groups in total. The molecule has 1 unspecified atom stereocenters. The molecule has 1 aromatic heterocycles. The van der Waals surface area contributed by atoms with Gasteiger partial charge in [-0.3, -0.25) is 0 Å². The van der Waals surface area contributed by atoms with Crippen molar-refractivity contribution in [3.05, 3.63) is 18.0 Å². The molecule has 1 atom stereocenters. The van der Waals surface area contributed by atoms with Gasteiger partial charge in [0.15, 0.2) is 0 Å². The van der Waals surface area contributed by atoms with Gasteiger partial charge in [0.25, 0.3) is 0 Å². The van der Waals surface area contributed by atoms with E-state index >= 15 is 0 Å². The first-order valence-corrected chi connectivity index (χ1v) is 8.35. The first kappa shape index (κ1) is 14.1. The third kappa shape index (κ3) is 2.39. The first-order chi connectivity index (χ1) is 9.54. The van der Waals surface area contributed by atoms with E-state index in [9.17, 15) is 13.5 Å². The summed E-state index contributed by atoms with van der Waals surface area (Å²) in [6.45, 7) is 0.920. The summed E-state index contributed by atoms with van der Waals surface area (Å²) in [5, 5.41) is 9.38. The van der Waals surface area contributed by atoms with Gasteiger partial charge in [0.05, 0.1) is 19.3 Å². The molecule has 1 aliphatic carbocycles. The molecule has 2 fully saturated rings. The average Bonchev–Trinajstić information content (AvgIpc) is 2.97. The second kappa shape index (κ2) is 5.14. The third-order valence-corrected chi connectivity index (χ3v) is 5.98. The minimum absolute atomic E-state index is 0.0955.